The van der Waals surface area contributed by atoms with Crippen molar-refractivity contribution in [2.75, 3.05) is 0 Å². The third-order valence-electron chi connectivity index (χ3n) is 2.39. The zero-order valence-corrected chi connectivity index (χ0v) is 11.2. The predicted octanol–water partition coefficient (Wildman–Crippen LogP) is 4.20. The summed E-state index contributed by atoms with van der Waals surface area (Å²) in [4.78, 5) is 4.16. The van der Waals surface area contributed by atoms with Crippen molar-refractivity contribution in [3.63, 3.8) is 0 Å². The van der Waals surface area contributed by atoms with Crippen molar-refractivity contribution in [2.45, 2.75) is 13.0 Å². The maximum Gasteiger partial charge on any atom is 0.219 e. The molecule has 2 rings (SSSR count). The lowest BCUT2D eigenvalue weighted by Gasteiger charge is -2.09. The van der Waals surface area contributed by atoms with E-state index in [9.17, 15) is 0 Å². The summed E-state index contributed by atoms with van der Waals surface area (Å²) in [6.45, 7) is 1.89. The van der Waals surface area contributed by atoms with Gasteiger partial charge in [-0.1, -0.05) is 29.3 Å². The van der Waals surface area contributed by atoms with Crippen molar-refractivity contribution in [2.24, 2.45) is 5.73 Å². The van der Waals surface area contributed by atoms with Crippen LogP contribution in [0.15, 0.2) is 36.5 Å². The van der Waals surface area contributed by atoms with Gasteiger partial charge in [-0.3, -0.25) is 0 Å². The summed E-state index contributed by atoms with van der Waals surface area (Å²) >= 11 is 11.9. The standard InChI is InChI=1S/C13H12Cl2N2O/c1-8(16)9-2-5-13(17-7-9)18-12-6-10(14)3-4-11(12)15/h2-8H,16H2,1H3/t8-/m0/s1. The Bertz CT molecular complexity index is 541. The number of hydrogen-bond acceptors (Lipinski definition) is 3. The summed E-state index contributed by atoms with van der Waals surface area (Å²) in [6, 6.07) is 8.58. The molecule has 0 amide bonds. The second-order valence-corrected chi connectivity index (χ2v) is 4.74. The molecule has 2 aromatic rings. The van der Waals surface area contributed by atoms with Crippen LogP contribution in [-0.2, 0) is 0 Å². The molecule has 18 heavy (non-hydrogen) atoms. The van der Waals surface area contributed by atoms with Crippen molar-refractivity contribution < 1.29 is 4.74 Å². The molecule has 0 bridgehead atoms. The van der Waals surface area contributed by atoms with Gasteiger partial charge in [0.25, 0.3) is 0 Å². The fourth-order valence-electron chi connectivity index (χ4n) is 1.39. The van der Waals surface area contributed by atoms with Crippen molar-refractivity contribution >= 4 is 23.2 Å². The average molecular weight is 283 g/mol. The van der Waals surface area contributed by atoms with Gasteiger partial charge in [0.05, 0.1) is 5.02 Å². The SMILES string of the molecule is C[C@H](N)c1ccc(Oc2cc(Cl)ccc2Cl)nc1. The molecule has 3 nitrogen and oxygen atoms in total. The van der Waals surface area contributed by atoms with Gasteiger partial charge in [0.1, 0.15) is 5.75 Å². The average Bonchev–Trinajstić information content (AvgIpc) is 2.34. The van der Waals surface area contributed by atoms with Crippen molar-refractivity contribution in [3.05, 3.63) is 52.1 Å². The fraction of sp³-hybridized carbons (Fsp3) is 0.154. The van der Waals surface area contributed by atoms with Crippen molar-refractivity contribution in [1.29, 1.82) is 0 Å². The molecule has 0 aliphatic rings. The Morgan fingerprint density at radius 3 is 2.61 bits per heavy atom. The number of ether oxygens (including phenoxy) is 1. The van der Waals surface area contributed by atoms with Crippen LogP contribution in [-0.4, -0.2) is 4.98 Å². The molecule has 0 unspecified atom stereocenters. The van der Waals surface area contributed by atoms with E-state index in [1.165, 1.54) is 0 Å². The Hall–Kier alpha value is -1.29. The van der Waals surface area contributed by atoms with Gasteiger partial charge in [-0.05, 0) is 24.6 Å². The third-order valence-corrected chi connectivity index (χ3v) is 2.94. The van der Waals surface area contributed by atoms with Crippen LogP contribution in [0.1, 0.15) is 18.5 Å². The van der Waals surface area contributed by atoms with Gasteiger partial charge < -0.3 is 10.5 Å². The van der Waals surface area contributed by atoms with Crippen LogP contribution in [0.4, 0.5) is 0 Å². The van der Waals surface area contributed by atoms with Crippen LogP contribution in [0, 0.1) is 0 Å². The van der Waals surface area contributed by atoms with E-state index in [-0.39, 0.29) is 6.04 Å². The van der Waals surface area contributed by atoms with Crippen LogP contribution in [0.25, 0.3) is 0 Å². The van der Waals surface area contributed by atoms with E-state index in [0.29, 0.717) is 21.7 Å². The van der Waals surface area contributed by atoms with E-state index < -0.39 is 0 Å². The lowest BCUT2D eigenvalue weighted by atomic mass is 10.2. The normalized spacial score (nSPS) is 12.2. The predicted molar refractivity (Wildman–Crippen MR) is 73.4 cm³/mol. The van der Waals surface area contributed by atoms with Crippen molar-refractivity contribution in [3.8, 4) is 11.6 Å². The first-order chi connectivity index (χ1) is 8.56. The molecule has 2 N–H and O–H groups in total. The second kappa shape index (κ2) is 5.57. The summed E-state index contributed by atoms with van der Waals surface area (Å²) in [5.41, 5.74) is 6.68. The summed E-state index contributed by atoms with van der Waals surface area (Å²) in [5.74, 6) is 0.925. The van der Waals surface area contributed by atoms with Gasteiger partial charge in [0.15, 0.2) is 0 Å². The van der Waals surface area contributed by atoms with Crippen LogP contribution in [0.2, 0.25) is 10.0 Å². The molecule has 1 heterocycles. The number of halogens is 2. The summed E-state index contributed by atoms with van der Waals surface area (Å²) in [7, 11) is 0. The Balaban J connectivity index is 2.21. The molecule has 0 fully saturated rings. The highest BCUT2D eigenvalue weighted by Crippen LogP contribution is 2.31. The van der Waals surface area contributed by atoms with Crippen LogP contribution in [0.3, 0.4) is 0 Å². The number of nitrogens with two attached hydrogens (primary N) is 1. The Labute approximate surface area is 115 Å². The first kappa shape index (κ1) is 13.1. The third kappa shape index (κ3) is 3.13. The first-order valence-electron chi connectivity index (χ1n) is 5.40. The minimum absolute atomic E-state index is 0.0543. The van der Waals surface area contributed by atoms with Gasteiger partial charge in [-0.2, -0.15) is 0 Å². The molecule has 1 atom stereocenters. The highest BCUT2D eigenvalue weighted by Gasteiger charge is 2.06. The fourth-order valence-corrected chi connectivity index (χ4v) is 1.71. The summed E-state index contributed by atoms with van der Waals surface area (Å²) < 4.78 is 5.56. The molecule has 0 spiro atoms. The molecule has 5 heteroatoms. The van der Waals surface area contributed by atoms with Gasteiger partial charge in [-0.25, -0.2) is 4.98 Å². The molecule has 0 saturated heterocycles. The topological polar surface area (TPSA) is 48.1 Å². The highest BCUT2D eigenvalue weighted by molar-refractivity contribution is 6.34. The maximum atomic E-state index is 6.00. The monoisotopic (exact) mass is 282 g/mol. The number of hydrogen-bond donors (Lipinski definition) is 1. The highest BCUT2D eigenvalue weighted by atomic mass is 35.5. The lowest BCUT2D eigenvalue weighted by Crippen LogP contribution is -2.05. The van der Waals surface area contributed by atoms with Crippen LogP contribution in [0.5, 0.6) is 11.6 Å². The van der Waals surface area contributed by atoms with Crippen molar-refractivity contribution in [1.82, 2.24) is 4.98 Å². The number of rotatable bonds is 3. The van der Waals surface area contributed by atoms with E-state index in [1.54, 1.807) is 30.5 Å². The Morgan fingerprint density at radius 1 is 1.22 bits per heavy atom. The summed E-state index contributed by atoms with van der Waals surface area (Å²) in [6.07, 6.45) is 1.68. The molecular formula is C13H12Cl2N2O. The second-order valence-electron chi connectivity index (χ2n) is 3.90. The van der Waals surface area contributed by atoms with E-state index in [4.69, 9.17) is 33.7 Å². The lowest BCUT2D eigenvalue weighted by molar-refractivity contribution is 0.462. The number of pyridine rings is 1. The smallest absolute Gasteiger partial charge is 0.219 e. The van der Waals surface area contributed by atoms with Crippen LogP contribution >= 0.6 is 23.2 Å². The minimum Gasteiger partial charge on any atom is -0.437 e. The Kier molecular flexibility index (Phi) is 4.07. The van der Waals surface area contributed by atoms with Gasteiger partial charge in [0.2, 0.25) is 5.88 Å². The Morgan fingerprint density at radius 2 is 2.00 bits per heavy atom. The molecule has 1 aromatic heterocycles. The van der Waals surface area contributed by atoms with Gasteiger partial charge >= 0.3 is 0 Å². The molecule has 0 saturated carbocycles. The molecule has 1 aromatic carbocycles. The van der Waals surface area contributed by atoms with E-state index in [0.717, 1.165) is 5.56 Å². The van der Waals surface area contributed by atoms with Gasteiger partial charge in [-0.15, -0.1) is 0 Å². The largest absolute Gasteiger partial charge is 0.437 e. The molecular weight excluding hydrogens is 271 g/mol. The molecule has 0 radical (unpaired) electrons. The number of aromatic nitrogens is 1. The zero-order valence-electron chi connectivity index (χ0n) is 9.73. The maximum absolute atomic E-state index is 6.00. The number of nitrogens with zero attached hydrogens (tertiary/aromatic N) is 1. The summed E-state index contributed by atoms with van der Waals surface area (Å²) in [5, 5.41) is 1.04. The molecule has 0 aliphatic heterocycles. The molecule has 94 valence electrons. The van der Waals surface area contributed by atoms with E-state index in [2.05, 4.69) is 4.98 Å². The van der Waals surface area contributed by atoms with E-state index in [1.807, 2.05) is 13.0 Å². The minimum atomic E-state index is -0.0543. The van der Waals surface area contributed by atoms with Crippen LogP contribution < -0.4 is 10.5 Å². The van der Waals surface area contributed by atoms with Gasteiger partial charge in [0, 0.05) is 29.4 Å². The quantitative estimate of drug-likeness (QED) is 0.918. The zero-order chi connectivity index (χ0) is 13.1. The first-order valence-corrected chi connectivity index (χ1v) is 6.16. The van der Waals surface area contributed by atoms with E-state index >= 15 is 0 Å². The number of benzene rings is 1. The molecule has 0 aliphatic carbocycles.